The molecule has 6 nitrogen and oxygen atoms in total. The van der Waals surface area contributed by atoms with Crippen LogP contribution in [0.4, 0.5) is 5.69 Å². The third-order valence-electron chi connectivity index (χ3n) is 5.04. The fourth-order valence-electron chi connectivity index (χ4n) is 3.45. The zero-order valence-electron chi connectivity index (χ0n) is 19.3. The molecule has 1 atom stereocenters. The number of hydrogen-bond acceptors (Lipinski definition) is 5. The van der Waals surface area contributed by atoms with Crippen LogP contribution in [-0.4, -0.2) is 26.4 Å². The zero-order chi connectivity index (χ0) is 23.3. The molecule has 3 rings (SSSR count). The van der Waals surface area contributed by atoms with Crippen LogP contribution in [0.3, 0.4) is 0 Å². The highest BCUT2D eigenvalue weighted by Crippen LogP contribution is 2.27. The van der Waals surface area contributed by atoms with Crippen molar-refractivity contribution in [2.45, 2.75) is 52.4 Å². The standard InChI is InChI=1S/C25H30N4O2S/c1-7-12-29-24(20(6)31-22-11-9-17(3)14-19(22)5)27-28-25(29)32-15-23(30)26-21-10-8-16(2)13-18(21)4/h7-11,13-14,20H,1,12,15H2,2-6H3,(H,26,30). The van der Waals surface area contributed by atoms with Gasteiger partial charge in [0.25, 0.3) is 0 Å². The molecular weight excluding hydrogens is 420 g/mol. The Labute approximate surface area is 194 Å². The maximum absolute atomic E-state index is 12.5. The fourth-order valence-corrected chi connectivity index (χ4v) is 4.21. The van der Waals surface area contributed by atoms with E-state index in [4.69, 9.17) is 4.74 Å². The van der Waals surface area contributed by atoms with Crippen LogP contribution in [0.5, 0.6) is 5.75 Å². The molecule has 1 amide bonds. The van der Waals surface area contributed by atoms with Gasteiger partial charge in [0, 0.05) is 12.2 Å². The van der Waals surface area contributed by atoms with E-state index in [1.165, 1.54) is 17.3 Å². The Kier molecular flexibility index (Phi) is 7.75. The molecule has 3 aromatic rings. The van der Waals surface area contributed by atoms with Gasteiger partial charge in [-0.2, -0.15) is 0 Å². The number of thioether (sulfide) groups is 1. The second kappa shape index (κ2) is 10.5. The van der Waals surface area contributed by atoms with E-state index in [2.05, 4.69) is 35.1 Å². The summed E-state index contributed by atoms with van der Waals surface area (Å²) in [6, 6.07) is 12.1. The van der Waals surface area contributed by atoms with E-state index in [0.29, 0.717) is 17.5 Å². The van der Waals surface area contributed by atoms with E-state index in [1.807, 2.05) is 62.6 Å². The molecule has 2 aromatic carbocycles. The summed E-state index contributed by atoms with van der Waals surface area (Å²) in [5.74, 6) is 1.66. The maximum Gasteiger partial charge on any atom is 0.234 e. The first-order valence-corrected chi connectivity index (χ1v) is 11.5. The molecule has 0 fully saturated rings. The second-order valence-corrected chi connectivity index (χ2v) is 8.87. The number of nitrogens with one attached hydrogen (secondary N) is 1. The van der Waals surface area contributed by atoms with E-state index < -0.39 is 0 Å². The number of hydrogen-bond donors (Lipinski definition) is 1. The van der Waals surface area contributed by atoms with E-state index in [-0.39, 0.29) is 17.8 Å². The van der Waals surface area contributed by atoms with Gasteiger partial charge in [-0.25, -0.2) is 0 Å². The predicted molar refractivity (Wildman–Crippen MR) is 130 cm³/mol. The van der Waals surface area contributed by atoms with E-state index in [1.54, 1.807) is 6.08 Å². The van der Waals surface area contributed by atoms with Gasteiger partial charge in [0.2, 0.25) is 5.91 Å². The van der Waals surface area contributed by atoms with Crippen LogP contribution >= 0.6 is 11.8 Å². The van der Waals surface area contributed by atoms with Crippen molar-refractivity contribution < 1.29 is 9.53 Å². The molecule has 1 N–H and O–H groups in total. The maximum atomic E-state index is 12.5. The Morgan fingerprint density at radius 2 is 1.81 bits per heavy atom. The number of benzene rings is 2. The van der Waals surface area contributed by atoms with Crippen LogP contribution in [0.25, 0.3) is 0 Å². The van der Waals surface area contributed by atoms with Crippen molar-refractivity contribution >= 4 is 23.4 Å². The number of nitrogens with zero attached hydrogens (tertiary/aromatic N) is 3. The van der Waals surface area contributed by atoms with Crippen LogP contribution in [0, 0.1) is 27.7 Å². The molecule has 0 radical (unpaired) electrons. The predicted octanol–water partition coefficient (Wildman–Crippen LogP) is 5.57. The largest absolute Gasteiger partial charge is 0.482 e. The first kappa shape index (κ1) is 23.6. The summed E-state index contributed by atoms with van der Waals surface area (Å²) in [5.41, 5.74) is 5.29. The summed E-state index contributed by atoms with van der Waals surface area (Å²) < 4.78 is 8.11. The molecule has 1 heterocycles. The van der Waals surface area contributed by atoms with Crippen LogP contribution in [0.1, 0.15) is 41.1 Å². The third-order valence-corrected chi connectivity index (χ3v) is 6.01. The van der Waals surface area contributed by atoms with Crippen molar-refractivity contribution in [1.82, 2.24) is 14.8 Å². The number of amides is 1. The molecule has 0 saturated carbocycles. The minimum atomic E-state index is -0.303. The second-order valence-electron chi connectivity index (χ2n) is 7.92. The lowest BCUT2D eigenvalue weighted by atomic mass is 10.1. The first-order valence-electron chi connectivity index (χ1n) is 10.6. The smallest absolute Gasteiger partial charge is 0.234 e. The SMILES string of the molecule is C=CCn1c(SCC(=O)Nc2ccc(C)cc2C)nnc1C(C)Oc1ccc(C)cc1C. The molecule has 0 aliphatic heterocycles. The molecule has 0 saturated heterocycles. The van der Waals surface area contributed by atoms with E-state index in [0.717, 1.165) is 28.1 Å². The zero-order valence-corrected chi connectivity index (χ0v) is 20.1. The molecular formula is C25H30N4O2S. The number of ether oxygens (including phenoxy) is 1. The van der Waals surface area contributed by atoms with E-state index >= 15 is 0 Å². The summed E-state index contributed by atoms with van der Waals surface area (Å²) in [5, 5.41) is 12.3. The first-order chi connectivity index (χ1) is 15.3. The number of aromatic nitrogens is 3. The molecule has 7 heteroatoms. The van der Waals surface area contributed by atoms with Gasteiger partial charge >= 0.3 is 0 Å². The average molecular weight is 451 g/mol. The highest BCUT2D eigenvalue weighted by molar-refractivity contribution is 7.99. The van der Waals surface area contributed by atoms with Crippen LogP contribution in [0.2, 0.25) is 0 Å². The van der Waals surface area contributed by atoms with Crippen molar-refractivity contribution in [1.29, 1.82) is 0 Å². The number of carbonyl (C=O) groups excluding carboxylic acids is 1. The number of anilines is 1. The summed E-state index contributed by atoms with van der Waals surface area (Å²) in [4.78, 5) is 12.5. The molecule has 168 valence electrons. The molecule has 1 aromatic heterocycles. The Bertz CT molecular complexity index is 1120. The Hall–Kier alpha value is -3.06. The number of aryl methyl sites for hydroxylation is 4. The van der Waals surface area contributed by atoms with Crippen LogP contribution < -0.4 is 10.1 Å². The third kappa shape index (κ3) is 5.79. The molecule has 0 aliphatic rings. The van der Waals surface area contributed by atoms with Gasteiger partial charge in [-0.05, 0) is 57.9 Å². The number of allylic oxidation sites excluding steroid dienone is 1. The number of rotatable bonds is 9. The van der Waals surface area contributed by atoms with Gasteiger partial charge in [-0.3, -0.25) is 9.36 Å². The van der Waals surface area contributed by atoms with Crippen molar-refractivity contribution in [3.8, 4) is 5.75 Å². The van der Waals surface area contributed by atoms with Crippen molar-refractivity contribution in [3.63, 3.8) is 0 Å². The van der Waals surface area contributed by atoms with Crippen molar-refractivity contribution in [2.75, 3.05) is 11.1 Å². The molecule has 32 heavy (non-hydrogen) atoms. The lowest BCUT2D eigenvalue weighted by Gasteiger charge is -2.17. The fraction of sp³-hybridized carbons (Fsp3) is 0.320. The van der Waals surface area contributed by atoms with Gasteiger partial charge in [0.15, 0.2) is 17.1 Å². The Morgan fingerprint density at radius 3 is 2.47 bits per heavy atom. The van der Waals surface area contributed by atoms with Crippen molar-refractivity contribution in [2.24, 2.45) is 0 Å². The highest BCUT2D eigenvalue weighted by atomic mass is 32.2. The van der Waals surface area contributed by atoms with Gasteiger partial charge in [0.1, 0.15) is 5.75 Å². The highest BCUT2D eigenvalue weighted by Gasteiger charge is 2.20. The van der Waals surface area contributed by atoms with Crippen LogP contribution in [0.15, 0.2) is 54.2 Å². The summed E-state index contributed by atoms with van der Waals surface area (Å²) >= 11 is 1.35. The molecule has 0 spiro atoms. The Morgan fingerprint density at radius 1 is 1.12 bits per heavy atom. The Balaban J connectivity index is 1.69. The van der Waals surface area contributed by atoms with E-state index in [9.17, 15) is 4.79 Å². The number of carbonyl (C=O) groups is 1. The minimum Gasteiger partial charge on any atom is -0.482 e. The van der Waals surface area contributed by atoms with Gasteiger partial charge in [0.05, 0.1) is 5.75 Å². The lowest BCUT2D eigenvalue weighted by molar-refractivity contribution is -0.113. The van der Waals surface area contributed by atoms with Gasteiger partial charge in [-0.1, -0.05) is 53.2 Å². The minimum absolute atomic E-state index is 0.0868. The summed E-state index contributed by atoms with van der Waals surface area (Å²) in [6.45, 7) is 14.4. The average Bonchev–Trinajstić information content (AvgIpc) is 3.13. The van der Waals surface area contributed by atoms with Gasteiger partial charge in [-0.15, -0.1) is 16.8 Å². The molecule has 1 unspecified atom stereocenters. The summed E-state index contributed by atoms with van der Waals surface area (Å²) in [6.07, 6.45) is 1.48. The van der Waals surface area contributed by atoms with Crippen molar-refractivity contribution in [3.05, 3.63) is 77.1 Å². The molecule has 0 bridgehead atoms. The monoisotopic (exact) mass is 450 g/mol. The quantitative estimate of drug-likeness (QED) is 0.341. The van der Waals surface area contributed by atoms with Gasteiger partial charge < -0.3 is 10.1 Å². The van der Waals surface area contributed by atoms with Crippen LogP contribution in [-0.2, 0) is 11.3 Å². The summed E-state index contributed by atoms with van der Waals surface area (Å²) in [7, 11) is 0. The normalized spacial score (nSPS) is 11.8. The molecule has 0 aliphatic carbocycles. The topological polar surface area (TPSA) is 69.0 Å². The lowest BCUT2D eigenvalue weighted by Crippen LogP contribution is -2.16.